The fourth-order valence-corrected chi connectivity index (χ4v) is 6.45. The average molecular weight is 961 g/mol. The van der Waals surface area contributed by atoms with E-state index in [0.29, 0.717) is 12.8 Å². The number of rotatable bonds is 46. The molecule has 0 rings (SSSR count). The highest BCUT2D eigenvalue weighted by atomic mass is 16.6. The summed E-state index contributed by atoms with van der Waals surface area (Å²) in [6, 6.07) is 0. The second kappa shape index (κ2) is 56.4. The molecule has 0 aliphatic heterocycles. The van der Waals surface area contributed by atoms with E-state index in [9.17, 15) is 14.4 Å². The number of hydrogen-bond acceptors (Lipinski definition) is 6. The van der Waals surface area contributed by atoms with E-state index in [-0.39, 0.29) is 44.4 Å². The lowest BCUT2D eigenvalue weighted by molar-refractivity contribution is -0.166. The first-order valence-electron chi connectivity index (χ1n) is 27.1. The number of carbonyl (C=O) groups is 3. The van der Waals surface area contributed by atoms with Gasteiger partial charge >= 0.3 is 17.9 Å². The van der Waals surface area contributed by atoms with Crippen LogP contribution in [0.2, 0.25) is 0 Å². The SMILES string of the molecule is CC/C=C\C/C=C\C/C=C\C/C=C\C/C=C\CCCCCC(=O)OCC(COC(=O)CC/C=C\C/C=C\C/C=C\C/C=C\C/C=C\CC)OC(=O)CCC/C=C\C/C=C\C/C=C\C/C=C\CCCCC. The monoisotopic (exact) mass is 961 g/mol. The first-order valence-corrected chi connectivity index (χ1v) is 27.1. The van der Waals surface area contributed by atoms with E-state index in [1.807, 2.05) is 12.2 Å². The highest BCUT2D eigenvalue weighted by molar-refractivity contribution is 5.71. The zero-order valence-electron chi connectivity index (χ0n) is 44.2. The minimum Gasteiger partial charge on any atom is -0.462 e. The van der Waals surface area contributed by atoms with Gasteiger partial charge in [-0.05, 0) is 135 Å². The van der Waals surface area contributed by atoms with Crippen molar-refractivity contribution in [3.05, 3.63) is 170 Å². The Morgan fingerprint density at radius 2 is 0.600 bits per heavy atom. The van der Waals surface area contributed by atoms with Gasteiger partial charge in [-0.2, -0.15) is 0 Å². The van der Waals surface area contributed by atoms with Crippen LogP contribution in [-0.2, 0) is 28.6 Å². The summed E-state index contributed by atoms with van der Waals surface area (Å²) in [5.74, 6) is -1.14. The fourth-order valence-electron chi connectivity index (χ4n) is 6.45. The number of unbranched alkanes of at least 4 members (excludes halogenated alkanes) is 7. The van der Waals surface area contributed by atoms with Crippen molar-refractivity contribution in [2.45, 2.75) is 200 Å². The Balaban J connectivity index is 4.68. The van der Waals surface area contributed by atoms with E-state index in [1.54, 1.807) is 0 Å². The van der Waals surface area contributed by atoms with E-state index >= 15 is 0 Å². The van der Waals surface area contributed by atoms with E-state index in [2.05, 4.69) is 179 Å². The standard InChI is InChI=1S/C64H96O6/c1-4-7-10-13-16-19-22-25-28-31-32-34-36-39-42-45-48-51-54-57-63(66)69-60-61(59-68-62(65)56-53-50-47-44-41-38-35-30-27-24-21-18-15-12-9-6-3)70-64(67)58-55-52-49-46-43-40-37-33-29-26-23-20-17-14-11-8-5-2/h7,9-10,12,16-21,25-30,32,34,37-42,46-47,49-50,61H,4-6,8,11,13-15,22-24,31,33,35-36,43-45,48,51-60H2,1-3H3/b10-7-,12-9-,19-16-,20-17-,21-18-,28-25-,29-26-,30-27-,34-32-,40-37-,41-38-,42-39-,49-46-,50-47-. The lowest BCUT2D eigenvalue weighted by atomic mass is 10.1. The Morgan fingerprint density at radius 1 is 0.300 bits per heavy atom. The molecule has 0 aliphatic rings. The van der Waals surface area contributed by atoms with Crippen LogP contribution in [-0.4, -0.2) is 37.2 Å². The molecular formula is C64H96O6. The molecule has 0 aromatic heterocycles. The normalized spacial score (nSPS) is 13.5. The van der Waals surface area contributed by atoms with Crippen molar-refractivity contribution >= 4 is 17.9 Å². The molecule has 0 fully saturated rings. The van der Waals surface area contributed by atoms with Crippen LogP contribution >= 0.6 is 0 Å². The van der Waals surface area contributed by atoms with Crippen molar-refractivity contribution in [1.82, 2.24) is 0 Å². The largest absolute Gasteiger partial charge is 0.462 e. The van der Waals surface area contributed by atoms with Crippen molar-refractivity contribution in [1.29, 1.82) is 0 Å². The predicted octanol–water partition coefficient (Wildman–Crippen LogP) is 18.4. The van der Waals surface area contributed by atoms with Gasteiger partial charge in [0, 0.05) is 19.3 Å². The van der Waals surface area contributed by atoms with Gasteiger partial charge < -0.3 is 14.2 Å². The van der Waals surface area contributed by atoms with Gasteiger partial charge in [-0.15, -0.1) is 0 Å². The highest BCUT2D eigenvalue weighted by Crippen LogP contribution is 2.09. The molecule has 0 N–H and O–H groups in total. The van der Waals surface area contributed by atoms with Crippen LogP contribution in [0.5, 0.6) is 0 Å². The third kappa shape index (κ3) is 53.7. The third-order valence-corrected chi connectivity index (χ3v) is 10.4. The molecule has 0 radical (unpaired) electrons. The summed E-state index contributed by atoms with van der Waals surface area (Å²) in [5.41, 5.74) is 0. The first kappa shape index (κ1) is 64.8. The van der Waals surface area contributed by atoms with Gasteiger partial charge in [-0.25, -0.2) is 0 Å². The van der Waals surface area contributed by atoms with Crippen LogP contribution in [0, 0.1) is 0 Å². The topological polar surface area (TPSA) is 78.9 Å². The lowest BCUT2D eigenvalue weighted by Crippen LogP contribution is -2.30. The van der Waals surface area contributed by atoms with Gasteiger partial charge in [0.25, 0.3) is 0 Å². The molecule has 1 unspecified atom stereocenters. The maximum Gasteiger partial charge on any atom is 0.306 e. The molecule has 0 saturated carbocycles. The van der Waals surface area contributed by atoms with Gasteiger partial charge in [0.15, 0.2) is 6.10 Å². The maximum atomic E-state index is 12.8. The molecule has 0 amide bonds. The van der Waals surface area contributed by atoms with Gasteiger partial charge in [-0.3, -0.25) is 14.4 Å². The Hall–Kier alpha value is -5.23. The van der Waals surface area contributed by atoms with E-state index in [4.69, 9.17) is 14.2 Å². The zero-order chi connectivity index (χ0) is 50.7. The second-order valence-corrected chi connectivity index (χ2v) is 17.0. The van der Waals surface area contributed by atoms with Crippen LogP contribution in [0.1, 0.15) is 194 Å². The summed E-state index contributed by atoms with van der Waals surface area (Å²) >= 11 is 0. The van der Waals surface area contributed by atoms with Gasteiger partial charge in [0.05, 0.1) is 0 Å². The zero-order valence-corrected chi connectivity index (χ0v) is 44.2. The smallest absolute Gasteiger partial charge is 0.306 e. The first-order chi connectivity index (χ1) is 34.5. The molecule has 388 valence electrons. The average Bonchev–Trinajstić information content (AvgIpc) is 3.36. The molecule has 0 heterocycles. The summed E-state index contributed by atoms with van der Waals surface area (Å²) in [5, 5.41) is 0. The molecule has 0 saturated heterocycles. The molecule has 0 bridgehead atoms. The number of esters is 3. The number of hydrogen-bond donors (Lipinski definition) is 0. The third-order valence-electron chi connectivity index (χ3n) is 10.4. The van der Waals surface area contributed by atoms with Crippen molar-refractivity contribution in [3.63, 3.8) is 0 Å². The molecule has 0 aliphatic carbocycles. The minimum atomic E-state index is -0.860. The summed E-state index contributed by atoms with van der Waals surface area (Å²) in [7, 11) is 0. The molecule has 6 heteroatoms. The van der Waals surface area contributed by atoms with E-state index in [1.165, 1.54) is 25.7 Å². The van der Waals surface area contributed by atoms with Crippen molar-refractivity contribution in [2.24, 2.45) is 0 Å². The van der Waals surface area contributed by atoms with Crippen LogP contribution in [0.15, 0.2) is 170 Å². The Kier molecular flexibility index (Phi) is 52.1. The van der Waals surface area contributed by atoms with Gasteiger partial charge in [-0.1, -0.05) is 210 Å². The molecule has 0 aromatic carbocycles. The Morgan fingerprint density at radius 3 is 0.971 bits per heavy atom. The highest BCUT2D eigenvalue weighted by Gasteiger charge is 2.19. The van der Waals surface area contributed by atoms with E-state index < -0.39 is 12.1 Å². The van der Waals surface area contributed by atoms with Crippen LogP contribution in [0.25, 0.3) is 0 Å². The van der Waals surface area contributed by atoms with Crippen molar-refractivity contribution in [2.75, 3.05) is 13.2 Å². The van der Waals surface area contributed by atoms with Crippen LogP contribution < -0.4 is 0 Å². The Labute approximate surface area is 428 Å². The van der Waals surface area contributed by atoms with Gasteiger partial charge in [0.2, 0.25) is 0 Å². The van der Waals surface area contributed by atoms with E-state index in [0.717, 1.165) is 116 Å². The molecular weight excluding hydrogens is 865 g/mol. The summed E-state index contributed by atoms with van der Waals surface area (Å²) in [6.45, 7) is 6.21. The van der Waals surface area contributed by atoms with Crippen molar-refractivity contribution < 1.29 is 28.6 Å². The lowest BCUT2D eigenvalue weighted by Gasteiger charge is -2.18. The van der Waals surface area contributed by atoms with Crippen LogP contribution in [0.4, 0.5) is 0 Å². The molecule has 0 aromatic rings. The Bertz CT molecular complexity index is 1670. The minimum absolute atomic E-state index is 0.149. The van der Waals surface area contributed by atoms with Crippen LogP contribution in [0.3, 0.4) is 0 Å². The summed E-state index contributed by atoms with van der Waals surface area (Å²) < 4.78 is 16.7. The predicted molar refractivity (Wildman–Crippen MR) is 301 cm³/mol. The maximum absolute atomic E-state index is 12.8. The second-order valence-electron chi connectivity index (χ2n) is 17.0. The number of allylic oxidation sites excluding steroid dienone is 28. The quantitative estimate of drug-likeness (QED) is 0.0262. The molecule has 70 heavy (non-hydrogen) atoms. The molecule has 6 nitrogen and oxygen atoms in total. The molecule has 0 spiro atoms. The number of ether oxygens (including phenoxy) is 3. The summed E-state index contributed by atoms with van der Waals surface area (Å²) in [4.78, 5) is 38.0. The molecule has 1 atom stereocenters. The van der Waals surface area contributed by atoms with Gasteiger partial charge in [0.1, 0.15) is 13.2 Å². The number of carbonyl (C=O) groups excluding carboxylic acids is 3. The van der Waals surface area contributed by atoms with Crippen molar-refractivity contribution in [3.8, 4) is 0 Å². The summed E-state index contributed by atoms with van der Waals surface area (Å²) in [6.07, 6.45) is 83.5. The fraction of sp³-hybridized carbons (Fsp3) is 0.516.